The average molecular weight is 240 g/mol. The largest absolute Gasteiger partial charge is 0.481 e. The Balaban J connectivity index is 3.61. The summed E-state index contributed by atoms with van der Waals surface area (Å²) in [5, 5.41) is 16.7. The van der Waals surface area contributed by atoms with Crippen LogP contribution in [0.25, 0.3) is 0 Å². The van der Waals surface area contributed by atoms with Gasteiger partial charge in [-0.25, -0.2) is 0 Å². The van der Waals surface area contributed by atoms with Crippen molar-refractivity contribution < 1.29 is 27.6 Å². The van der Waals surface area contributed by atoms with E-state index in [0.29, 0.717) is 19.3 Å². The van der Waals surface area contributed by atoms with E-state index in [9.17, 15) is 13.2 Å². The number of carbonyl (C=O) groups is 1. The number of hydrogen-bond acceptors (Lipinski definition) is 5. The molecule has 7 heteroatoms. The van der Waals surface area contributed by atoms with Gasteiger partial charge in [0, 0.05) is 6.61 Å². The molecule has 0 bridgehead atoms. The van der Waals surface area contributed by atoms with Gasteiger partial charge in [-0.1, -0.05) is 0 Å². The second kappa shape index (κ2) is 7.61. The molecule has 0 aliphatic rings. The Morgan fingerprint density at radius 2 is 1.87 bits per heavy atom. The van der Waals surface area contributed by atoms with Gasteiger partial charge in [-0.3, -0.25) is 8.98 Å². The molecular weight excluding hydrogens is 224 g/mol. The highest BCUT2D eigenvalue weighted by molar-refractivity contribution is 7.86. The molecule has 0 aliphatic carbocycles. The molecule has 0 aromatic heterocycles. The van der Waals surface area contributed by atoms with Gasteiger partial charge in [0.05, 0.1) is 18.8 Å². The van der Waals surface area contributed by atoms with Crippen molar-refractivity contribution in [3.8, 4) is 0 Å². The summed E-state index contributed by atoms with van der Waals surface area (Å²) < 4.78 is 26.6. The predicted molar refractivity (Wildman–Crippen MR) is 52.9 cm³/mol. The van der Waals surface area contributed by atoms with E-state index in [1.165, 1.54) is 0 Å². The Hall–Kier alpha value is -0.660. The fourth-order valence-corrected chi connectivity index (χ4v) is 1.76. The third-order valence-corrected chi connectivity index (χ3v) is 2.86. The van der Waals surface area contributed by atoms with E-state index in [0.717, 1.165) is 0 Å². The van der Waals surface area contributed by atoms with Crippen LogP contribution in [0.15, 0.2) is 0 Å². The molecule has 0 saturated heterocycles. The molecule has 0 atom stereocenters. The normalized spacial score (nSPS) is 11.5. The van der Waals surface area contributed by atoms with Crippen LogP contribution in [0.2, 0.25) is 0 Å². The Labute approximate surface area is 89.0 Å². The highest BCUT2D eigenvalue weighted by Crippen LogP contribution is 2.01. The van der Waals surface area contributed by atoms with Crippen LogP contribution < -0.4 is 0 Å². The zero-order valence-electron chi connectivity index (χ0n) is 8.39. The summed E-state index contributed by atoms with van der Waals surface area (Å²) in [6, 6.07) is 0. The first kappa shape index (κ1) is 14.3. The molecule has 0 aliphatic heterocycles. The second-order valence-electron chi connectivity index (χ2n) is 3.01. The topological polar surface area (TPSA) is 101 Å². The number of aliphatic hydroxyl groups excluding tert-OH is 1. The minimum absolute atomic E-state index is 0.0436. The molecule has 0 aromatic rings. The minimum Gasteiger partial charge on any atom is -0.481 e. The van der Waals surface area contributed by atoms with Gasteiger partial charge in [0.15, 0.2) is 0 Å². The lowest BCUT2D eigenvalue weighted by atomic mass is 10.2. The molecule has 0 aromatic carbocycles. The van der Waals surface area contributed by atoms with Crippen molar-refractivity contribution >= 4 is 16.1 Å². The summed E-state index contributed by atoms with van der Waals surface area (Å²) in [4.78, 5) is 10.1. The van der Waals surface area contributed by atoms with Crippen LogP contribution >= 0.6 is 0 Å². The number of aliphatic hydroxyl groups is 1. The number of unbranched alkanes of at least 4 members (excludes halogenated alkanes) is 2. The molecule has 15 heavy (non-hydrogen) atoms. The van der Waals surface area contributed by atoms with Crippen LogP contribution in [0.5, 0.6) is 0 Å². The minimum atomic E-state index is -3.71. The lowest BCUT2D eigenvalue weighted by Crippen LogP contribution is -2.14. The number of carboxylic acid groups (broad SMARTS) is 1. The molecule has 6 nitrogen and oxygen atoms in total. The number of rotatable bonds is 9. The molecule has 0 saturated carbocycles. The fraction of sp³-hybridized carbons (Fsp3) is 0.875. The molecule has 0 spiro atoms. The van der Waals surface area contributed by atoms with Gasteiger partial charge in [-0.15, -0.1) is 0 Å². The van der Waals surface area contributed by atoms with Gasteiger partial charge in [0.1, 0.15) is 0 Å². The molecule has 0 amide bonds. The smallest absolute Gasteiger partial charge is 0.304 e. The summed E-state index contributed by atoms with van der Waals surface area (Å²) in [6.45, 7) is 0.119. The molecular formula is C8H16O6S. The van der Waals surface area contributed by atoms with Crippen molar-refractivity contribution in [1.82, 2.24) is 0 Å². The zero-order chi connectivity index (χ0) is 11.7. The third-order valence-electron chi connectivity index (χ3n) is 1.63. The standard InChI is InChI=1S/C8H16O6S/c9-5-2-1-3-6-14-15(12,13)7-4-8(10)11/h9H,1-7H2,(H,10,11). The van der Waals surface area contributed by atoms with Gasteiger partial charge in [-0.05, 0) is 19.3 Å². The van der Waals surface area contributed by atoms with Crippen molar-refractivity contribution in [2.75, 3.05) is 19.0 Å². The zero-order valence-corrected chi connectivity index (χ0v) is 9.20. The first-order valence-electron chi connectivity index (χ1n) is 4.67. The van der Waals surface area contributed by atoms with E-state index < -0.39 is 28.3 Å². The third kappa shape index (κ3) is 9.64. The van der Waals surface area contributed by atoms with E-state index in [4.69, 9.17) is 10.2 Å². The first-order valence-corrected chi connectivity index (χ1v) is 6.25. The summed E-state index contributed by atoms with van der Waals surface area (Å²) in [7, 11) is -3.71. The number of carboxylic acids is 1. The van der Waals surface area contributed by atoms with E-state index >= 15 is 0 Å². The summed E-state index contributed by atoms with van der Waals surface area (Å²) in [5.41, 5.74) is 0. The number of aliphatic carboxylic acids is 1. The first-order chi connectivity index (χ1) is 6.98. The molecule has 90 valence electrons. The summed E-state index contributed by atoms with van der Waals surface area (Å²) >= 11 is 0. The Morgan fingerprint density at radius 3 is 2.40 bits per heavy atom. The van der Waals surface area contributed by atoms with E-state index in [2.05, 4.69) is 4.18 Å². The maximum absolute atomic E-state index is 11.0. The van der Waals surface area contributed by atoms with Crippen LogP contribution in [0.1, 0.15) is 25.7 Å². The number of hydrogen-bond donors (Lipinski definition) is 2. The average Bonchev–Trinajstić information content (AvgIpc) is 2.15. The maximum Gasteiger partial charge on any atom is 0.304 e. The van der Waals surface area contributed by atoms with Crippen molar-refractivity contribution in [2.45, 2.75) is 25.7 Å². The van der Waals surface area contributed by atoms with Gasteiger partial charge in [0.2, 0.25) is 0 Å². The second-order valence-corrected chi connectivity index (χ2v) is 4.77. The SMILES string of the molecule is O=C(O)CCS(=O)(=O)OCCCCCO. The van der Waals surface area contributed by atoms with Crippen LogP contribution in [0.4, 0.5) is 0 Å². The van der Waals surface area contributed by atoms with E-state index in [1.807, 2.05) is 0 Å². The quantitative estimate of drug-likeness (QED) is 0.433. The van der Waals surface area contributed by atoms with Crippen molar-refractivity contribution in [1.29, 1.82) is 0 Å². The van der Waals surface area contributed by atoms with Crippen LogP contribution in [-0.4, -0.2) is 43.6 Å². The van der Waals surface area contributed by atoms with Gasteiger partial charge < -0.3 is 10.2 Å². The van der Waals surface area contributed by atoms with Gasteiger partial charge >= 0.3 is 5.97 Å². The van der Waals surface area contributed by atoms with Crippen molar-refractivity contribution in [3.63, 3.8) is 0 Å². The van der Waals surface area contributed by atoms with Crippen LogP contribution in [0.3, 0.4) is 0 Å². The lowest BCUT2D eigenvalue weighted by Gasteiger charge is -2.03. The predicted octanol–water partition coefficient (Wildman–Crippen LogP) is -0.0299. The molecule has 0 unspecified atom stereocenters. The maximum atomic E-state index is 11.0. The molecule has 0 fully saturated rings. The molecule has 2 N–H and O–H groups in total. The Morgan fingerprint density at radius 1 is 1.20 bits per heavy atom. The van der Waals surface area contributed by atoms with Gasteiger partial charge in [0.25, 0.3) is 10.1 Å². The van der Waals surface area contributed by atoms with Crippen molar-refractivity contribution in [2.24, 2.45) is 0 Å². The van der Waals surface area contributed by atoms with Crippen LogP contribution in [-0.2, 0) is 19.1 Å². The van der Waals surface area contributed by atoms with Crippen molar-refractivity contribution in [3.05, 3.63) is 0 Å². The highest BCUT2D eigenvalue weighted by atomic mass is 32.2. The molecule has 0 radical (unpaired) electrons. The highest BCUT2D eigenvalue weighted by Gasteiger charge is 2.12. The molecule has 0 heterocycles. The summed E-state index contributed by atoms with van der Waals surface area (Å²) in [5.74, 6) is -1.66. The Kier molecular flexibility index (Phi) is 7.27. The van der Waals surface area contributed by atoms with Crippen LogP contribution in [0, 0.1) is 0 Å². The lowest BCUT2D eigenvalue weighted by molar-refractivity contribution is -0.136. The monoisotopic (exact) mass is 240 g/mol. The Bertz CT molecular complexity index is 271. The summed E-state index contributed by atoms with van der Waals surface area (Å²) in [6.07, 6.45) is 1.38. The van der Waals surface area contributed by atoms with E-state index in [-0.39, 0.29) is 13.2 Å². The van der Waals surface area contributed by atoms with E-state index in [1.54, 1.807) is 0 Å². The molecule has 0 rings (SSSR count). The fourth-order valence-electron chi connectivity index (χ4n) is 0.848. The van der Waals surface area contributed by atoms with Gasteiger partial charge in [-0.2, -0.15) is 8.42 Å².